The molecule has 0 saturated carbocycles. The van der Waals surface area contributed by atoms with E-state index in [-0.39, 0.29) is 6.61 Å². The van der Waals surface area contributed by atoms with Gasteiger partial charge in [-0.1, -0.05) is 0 Å². The predicted octanol–water partition coefficient (Wildman–Crippen LogP) is -0.148. The largest absolute Gasteiger partial charge is 0.497 e. The van der Waals surface area contributed by atoms with Gasteiger partial charge in [0.1, 0.15) is 11.5 Å². The SMILES string of the molecule is COc1ccc(C(N)CO)c(OC)c1.O=C(O)C(=O)O. The molecule has 1 aromatic rings. The first kappa shape index (κ1) is 17.7. The molecule has 0 spiro atoms. The van der Waals surface area contributed by atoms with Gasteiger partial charge in [0.15, 0.2) is 0 Å². The first-order valence-electron chi connectivity index (χ1n) is 5.41. The van der Waals surface area contributed by atoms with Gasteiger partial charge >= 0.3 is 11.9 Å². The number of ether oxygens (including phenoxy) is 2. The highest BCUT2D eigenvalue weighted by Gasteiger charge is 2.11. The Morgan fingerprint density at radius 1 is 1.20 bits per heavy atom. The molecule has 1 atom stereocenters. The van der Waals surface area contributed by atoms with Crippen molar-refractivity contribution in [3.05, 3.63) is 23.8 Å². The number of aliphatic hydroxyl groups is 1. The van der Waals surface area contributed by atoms with Crippen LogP contribution in [0.5, 0.6) is 11.5 Å². The Labute approximate surface area is 115 Å². The van der Waals surface area contributed by atoms with Gasteiger partial charge in [0.25, 0.3) is 0 Å². The van der Waals surface area contributed by atoms with Crippen molar-refractivity contribution in [2.24, 2.45) is 5.73 Å². The van der Waals surface area contributed by atoms with Gasteiger partial charge in [-0.25, -0.2) is 9.59 Å². The number of carboxylic acid groups (broad SMARTS) is 2. The monoisotopic (exact) mass is 287 g/mol. The average Bonchev–Trinajstić information content (AvgIpc) is 2.46. The number of methoxy groups -OCH3 is 2. The molecule has 1 rings (SSSR count). The van der Waals surface area contributed by atoms with Crippen LogP contribution in [0.1, 0.15) is 11.6 Å². The third-order valence-electron chi connectivity index (χ3n) is 2.22. The standard InChI is InChI=1S/C10H15NO3.C2H2O4/c1-13-7-3-4-8(9(11)6-12)10(5-7)14-2;3-1(4)2(5)6/h3-5,9,12H,6,11H2,1-2H3;(H,3,4)(H,5,6). The van der Waals surface area contributed by atoms with Gasteiger partial charge in [-0.15, -0.1) is 0 Å². The molecule has 1 aromatic carbocycles. The summed E-state index contributed by atoms with van der Waals surface area (Å²) in [5, 5.41) is 23.7. The zero-order valence-corrected chi connectivity index (χ0v) is 11.1. The number of benzene rings is 1. The number of carboxylic acids is 2. The van der Waals surface area contributed by atoms with Crippen LogP contribution in [0.3, 0.4) is 0 Å². The minimum absolute atomic E-state index is 0.108. The molecule has 0 saturated heterocycles. The normalized spacial score (nSPS) is 10.8. The highest BCUT2D eigenvalue weighted by Crippen LogP contribution is 2.28. The lowest BCUT2D eigenvalue weighted by atomic mass is 10.1. The molecule has 0 aromatic heterocycles. The summed E-state index contributed by atoms with van der Waals surface area (Å²) < 4.78 is 10.2. The highest BCUT2D eigenvalue weighted by molar-refractivity contribution is 6.27. The maximum absolute atomic E-state index is 9.10. The first-order valence-corrected chi connectivity index (χ1v) is 5.41. The van der Waals surface area contributed by atoms with E-state index in [4.69, 9.17) is 40.1 Å². The number of carbonyl (C=O) groups is 2. The first-order chi connectivity index (χ1) is 9.37. The van der Waals surface area contributed by atoms with E-state index in [1.165, 1.54) is 0 Å². The van der Waals surface area contributed by atoms with Crippen LogP contribution >= 0.6 is 0 Å². The van der Waals surface area contributed by atoms with E-state index in [1.807, 2.05) is 0 Å². The quantitative estimate of drug-likeness (QED) is 0.561. The van der Waals surface area contributed by atoms with E-state index in [0.29, 0.717) is 11.5 Å². The van der Waals surface area contributed by atoms with Crippen LogP contribution in [0.4, 0.5) is 0 Å². The van der Waals surface area contributed by atoms with Gasteiger partial charge in [-0.05, 0) is 12.1 Å². The molecule has 0 aliphatic rings. The van der Waals surface area contributed by atoms with Gasteiger partial charge in [0, 0.05) is 11.6 Å². The van der Waals surface area contributed by atoms with E-state index >= 15 is 0 Å². The minimum atomic E-state index is -1.82. The summed E-state index contributed by atoms with van der Waals surface area (Å²) in [4.78, 5) is 18.2. The summed E-state index contributed by atoms with van der Waals surface area (Å²) in [6.45, 7) is -0.108. The maximum atomic E-state index is 9.10. The minimum Gasteiger partial charge on any atom is -0.497 e. The molecule has 0 aliphatic heterocycles. The molecular formula is C12H17NO7. The Morgan fingerprint density at radius 3 is 2.10 bits per heavy atom. The van der Waals surface area contributed by atoms with Crippen molar-refractivity contribution in [2.45, 2.75) is 6.04 Å². The van der Waals surface area contributed by atoms with Crippen LogP contribution in [-0.2, 0) is 9.59 Å². The highest BCUT2D eigenvalue weighted by atomic mass is 16.5. The summed E-state index contributed by atoms with van der Waals surface area (Å²) in [6, 6.07) is 4.90. The predicted molar refractivity (Wildman–Crippen MR) is 68.8 cm³/mol. The molecule has 0 aliphatic carbocycles. The number of hydrogen-bond acceptors (Lipinski definition) is 6. The van der Waals surface area contributed by atoms with Gasteiger partial charge in [0.05, 0.1) is 26.9 Å². The fraction of sp³-hybridized carbons (Fsp3) is 0.333. The second-order valence-electron chi connectivity index (χ2n) is 3.51. The number of hydrogen-bond donors (Lipinski definition) is 4. The molecule has 0 bridgehead atoms. The smallest absolute Gasteiger partial charge is 0.414 e. The molecule has 8 nitrogen and oxygen atoms in total. The van der Waals surface area contributed by atoms with Crippen molar-refractivity contribution in [3.8, 4) is 11.5 Å². The van der Waals surface area contributed by atoms with E-state index in [0.717, 1.165) is 5.56 Å². The van der Waals surface area contributed by atoms with Crippen LogP contribution in [0.2, 0.25) is 0 Å². The van der Waals surface area contributed by atoms with Crippen molar-refractivity contribution in [1.29, 1.82) is 0 Å². The second-order valence-corrected chi connectivity index (χ2v) is 3.51. The lowest BCUT2D eigenvalue weighted by Gasteiger charge is -2.14. The molecule has 112 valence electrons. The Morgan fingerprint density at radius 2 is 1.75 bits per heavy atom. The van der Waals surface area contributed by atoms with Crippen LogP contribution in [0.25, 0.3) is 0 Å². The topological polar surface area (TPSA) is 139 Å². The maximum Gasteiger partial charge on any atom is 0.414 e. The number of rotatable bonds is 4. The Balaban J connectivity index is 0.000000511. The number of aliphatic carboxylic acids is 2. The van der Waals surface area contributed by atoms with Crippen LogP contribution in [-0.4, -0.2) is 48.1 Å². The summed E-state index contributed by atoms with van der Waals surface area (Å²) in [7, 11) is 3.14. The van der Waals surface area contributed by atoms with Gasteiger partial charge in [-0.3, -0.25) is 0 Å². The van der Waals surface area contributed by atoms with Crippen molar-refractivity contribution >= 4 is 11.9 Å². The zero-order valence-electron chi connectivity index (χ0n) is 11.1. The molecule has 5 N–H and O–H groups in total. The molecule has 0 fully saturated rings. The molecule has 0 heterocycles. The number of aliphatic hydroxyl groups excluding tert-OH is 1. The third-order valence-corrected chi connectivity index (χ3v) is 2.22. The third kappa shape index (κ3) is 5.55. The van der Waals surface area contributed by atoms with Crippen LogP contribution < -0.4 is 15.2 Å². The van der Waals surface area contributed by atoms with E-state index in [2.05, 4.69) is 0 Å². The summed E-state index contributed by atoms with van der Waals surface area (Å²) in [5.41, 5.74) is 6.47. The Hall–Kier alpha value is -2.32. The zero-order chi connectivity index (χ0) is 15.7. The lowest BCUT2D eigenvalue weighted by molar-refractivity contribution is -0.159. The van der Waals surface area contributed by atoms with Crippen molar-refractivity contribution < 1.29 is 34.4 Å². The van der Waals surface area contributed by atoms with E-state index in [9.17, 15) is 0 Å². The molecule has 20 heavy (non-hydrogen) atoms. The van der Waals surface area contributed by atoms with Gasteiger partial charge in [0.2, 0.25) is 0 Å². The molecule has 1 unspecified atom stereocenters. The van der Waals surface area contributed by atoms with Gasteiger partial charge < -0.3 is 30.5 Å². The van der Waals surface area contributed by atoms with Crippen LogP contribution in [0, 0.1) is 0 Å². The molecular weight excluding hydrogens is 270 g/mol. The van der Waals surface area contributed by atoms with Crippen molar-refractivity contribution in [3.63, 3.8) is 0 Å². The summed E-state index contributed by atoms with van der Waals surface area (Å²) in [6.07, 6.45) is 0. The summed E-state index contributed by atoms with van der Waals surface area (Å²) in [5.74, 6) is -2.31. The lowest BCUT2D eigenvalue weighted by Crippen LogP contribution is -2.15. The average molecular weight is 287 g/mol. The van der Waals surface area contributed by atoms with Crippen molar-refractivity contribution in [2.75, 3.05) is 20.8 Å². The second kappa shape index (κ2) is 8.73. The van der Waals surface area contributed by atoms with E-state index < -0.39 is 18.0 Å². The van der Waals surface area contributed by atoms with Crippen molar-refractivity contribution in [1.82, 2.24) is 0 Å². The number of nitrogens with two attached hydrogens (primary N) is 1. The Bertz CT molecular complexity index is 449. The van der Waals surface area contributed by atoms with Crippen LogP contribution in [0.15, 0.2) is 18.2 Å². The fourth-order valence-electron chi connectivity index (χ4n) is 1.22. The van der Waals surface area contributed by atoms with Gasteiger partial charge in [-0.2, -0.15) is 0 Å². The Kier molecular flexibility index (Phi) is 7.71. The van der Waals surface area contributed by atoms with E-state index in [1.54, 1.807) is 32.4 Å². The molecule has 0 radical (unpaired) electrons. The molecule has 8 heteroatoms. The summed E-state index contributed by atoms with van der Waals surface area (Å²) >= 11 is 0. The molecule has 0 amide bonds. The fourth-order valence-corrected chi connectivity index (χ4v) is 1.22.